The summed E-state index contributed by atoms with van der Waals surface area (Å²) in [5.74, 6) is 0. The molecule has 0 spiro atoms. The van der Waals surface area contributed by atoms with Crippen molar-refractivity contribution in [2.45, 2.75) is 0 Å². The molecule has 0 aliphatic heterocycles. The SMILES string of the molecule is O.O.O.O.O.O.O.O.O.O.O.O.O.O.O.O.O.O.O.O.[N].[N].[N].[N].[N].[N].[N].[N].[N].[N].[N].[N].[N].[N].[N].[N].[N].[N].[N].[N].[N].[N].[N].[N].[N].[N].[N].[N].[N].[N].[N].[N].[N].[N].[N].[N].[N].[N].[N].[N].[N].[N].[N].[N].[N].[N].[N].[N].[N].[N].[N].[N].[N].[N].[N].[N].[N].[N].[N].[N].[N].[N].[N].[N].[N].[N].[N].[N].[N].[N].[N].[N].[N].[N].[N].[N].[N].[N].[N].[O]. The van der Waals surface area contributed by atoms with E-state index in [1.165, 1.54) is 0 Å². The van der Waals surface area contributed by atoms with Gasteiger partial charge in [-0.25, -0.2) is 0 Å². The maximum absolute atomic E-state index is 0. The van der Waals surface area contributed by atoms with Crippen LogP contribution in [0, 0.1) is 0 Å². The normalized spacial score (nSPS) is 0. The molecule has 0 saturated carbocycles. The second-order valence-corrected chi connectivity index (χ2v) is 0. The molecule has 0 aliphatic rings. The van der Waals surface area contributed by atoms with Crippen molar-refractivity contribution in [2.24, 2.45) is 0 Å². The molecule has 0 fully saturated rings. The van der Waals surface area contributed by atoms with E-state index < -0.39 is 0 Å². The van der Waals surface area contributed by atoms with Crippen LogP contribution in [0.15, 0.2) is 0 Å². The van der Waals surface area contributed by atoms with Gasteiger partial charge >= 0.3 is 0 Å². The van der Waals surface area contributed by atoms with E-state index in [0.717, 1.165) is 0 Å². The first-order valence-electron chi connectivity index (χ1n) is 0. The topological polar surface area (TPSA) is 3070 Å². The Morgan fingerprint density at radius 3 is 0.0300 bits per heavy atom. The van der Waals surface area contributed by atoms with E-state index >= 15 is 0 Å². The van der Waals surface area contributed by atoms with Gasteiger partial charge in [0.15, 0.2) is 0 Å². The van der Waals surface area contributed by atoms with Crippen LogP contribution in [-0.4, -0.2) is 110 Å². The van der Waals surface area contributed by atoms with E-state index in [1.54, 1.807) is 0 Å². The molecule has 0 rings (SSSR count). The third-order valence-electron chi connectivity index (χ3n) is 0. The van der Waals surface area contributed by atoms with E-state index in [4.69, 9.17) is 0 Å². The van der Waals surface area contributed by atoms with Crippen LogP contribution in [0.1, 0.15) is 0 Å². The van der Waals surface area contributed by atoms with Gasteiger partial charge in [0.2, 0.25) is 0 Å². The Morgan fingerprint density at radius 1 is 0.0300 bits per heavy atom. The molecule has 561 valence electrons. The minimum absolute atomic E-state index is 0. The van der Waals surface area contributed by atoms with Gasteiger partial charge in [-0.05, 0) is 0 Å². The van der Waals surface area contributed by atoms with E-state index in [0.29, 0.717) is 0 Å². The molecule has 40 N–H and O–H groups in total. The molecule has 0 aliphatic carbocycles. The number of nitrogens with zero attached hydrogens (tertiary/aromatic N) is 79. The van der Waals surface area contributed by atoms with Crippen LogP contribution in [0.2, 0.25) is 0 Å². The van der Waals surface area contributed by atoms with Crippen molar-refractivity contribution in [3.05, 3.63) is 0 Å². The van der Waals surface area contributed by atoms with E-state index in [-0.39, 0.29) is 601 Å². The van der Waals surface area contributed by atoms with Gasteiger partial charge in [-0.2, -0.15) is 0 Å². The van der Waals surface area contributed by atoms with Gasteiger partial charge in [0.05, 0.1) is 0 Å². The highest BCUT2D eigenvalue weighted by Crippen LogP contribution is -0.118. The lowest BCUT2D eigenvalue weighted by atomic mass is 14.0. The lowest BCUT2D eigenvalue weighted by Gasteiger charge is -0.413. The molecule has 0 aromatic heterocycles. The molecule has 0 heterocycles. The van der Waals surface area contributed by atoms with Crippen LogP contribution >= 0.6 is 0 Å². The third kappa shape index (κ3) is 50800. The fourth-order valence-corrected chi connectivity index (χ4v) is 0. The Kier molecular flexibility index (Phi) is 28400000. The Morgan fingerprint density at radius 2 is 0.0300 bits per heavy atom. The summed E-state index contributed by atoms with van der Waals surface area (Å²) in [6, 6.07) is 0. The molecule has 0 bridgehead atoms. The Hall–Kier alpha value is -4.00. The summed E-state index contributed by atoms with van der Waals surface area (Å²) in [6.07, 6.45) is 0. The van der Waals surface area contributed by atoms with Crippen molar-refractivity contribution in [1.82, 2.24) is 486 Å². The van der Waals surface area contributed by atoms with Crippen LogP contribution in [0.3, 0.4) is 0 Å². The summed E-state index contributed by atoms with van der Waals surface area (Å²) in [5.41, 5.74) is 0. The minimum Gasteiger partial charge on any atom is -0.412 e. The van der Waals surface area contributed by atoms with Crippen molar-refractivity contribution >= 4 is 0 Å². The maximum atomic E-state index is 0. The Labute approximate surface area is 601 Å². The van der Waals surface area contributed by atoms with Gasteiger partial charge in [-0.15, -0.1) is 0 Å². The van der Waals surface area contributed by atoms with Crippen molar-refractivity contribution in [1.29, 1.82) is 0 Å². The summed E-state index contributed by atoms with van der Waals surface area (Å²) in [6.45, 7) is 0. The molecule has 0 aromatic rings. The molecular weight excluding hydrogens is 1440 g/mol. The predicted octanol–water partition coefficient (Wildman–Crippen LogP) is -54.6. The molecule has 0 unspecified atom stereocenters. The van der Waals surface area contributed by atoms with Crippen molar-refractivity contribution in [2.75, 3.05) is 0 Å². The maximum Gasteiger partial charge on any atom is 0 e. The largest absolute Gasteiger partial charge is 0.412 e. The van der Waals surface area contributed by atoms with Crippen LogP contribution in [0.25, 0.3) is 0 Å². The first kappa shape index (κ1) is 54100. The number of rotatable bonds is 0. The zero-order valence-electron chi connectivity index (χ0n) is 45.7. The lowest BCUT2D eigenvalue weighted by Crippen LogP contribution is -0.482. The Balaban J connectivity index is 0. The van der Waals surface area contributed by atoms with E-state index in [2.05, 4.69) is 0 Å². The van der Waals surface area contributed by atoms with Crippen molar-refractivity contribution in [3.63, 3.8) is 0 Å². The monoisotopic (exact) mass is 1480 g/mol. The molecule has 100 nitrogen and oxygen atoms in total. The minimum atomic E-state index is 0. The molecule has 0 atom stereocenters. The average Bonchev–Trinajstić information content (AvgIpc) is 0. The smallest absolute Gasteiger partial charge is 0 e. The fourth-order valence-electron chi connectivity index (χ4n) is 0. The molecule has 239 radical (unpaired) electrons. The molecule has 0 amide bonds. The van der Waals surface area contributed by atoms with E-state index in [9.17, 15) is 0 Å². The van der Waals surface area contributed by atoms with Crippen LogP contribution in [0.5, 0.6) is 0 Å². The first-order valence-corrected chi connectivity index (χ1v) is 0. The zero-order valence-corrected chi connectivity index (χ0v) is 45.7. The highest BCUT2D eigenvalue weighted by atomic mass is 16.0. The molecule has 100 heavy (non-hydrogen) atoms. The van der Waals surface area contributed by atoms with Gasteiger partial charge < -0.3 is 110 Å². The summed E-state index contributed by atoms with van der Waals surface area (Å²) in [5, 5.41) is 0. The number of hydrogen-bond acceptors (Lipinski definition) is 0. The molecule has 100 heteroatoms. The highest BCUT2D eigenvalue weighted by Gasteiger charge is 0.0824. The molecule has 0 saturated heterocycles. The van der Waals surface area contributed by atoms with Gasteiger partial charge in [0, 0.05) is 491 Å². The van der Waals surface area contributed by atoms with Crippen LogP contribution < -0.4 is 486 Å². The lowest BCUT2D eigenvalue weighted by molar-refractivity contribution is 0.686. The molecular formula is H40N79O21. The van der Waals surface area contributed by atoms with Gasteiger partial charge in [0.25, 0.3) is 0 Å². The summed E-state index contributed by atoms with van der Waals surface area (Å²) in [4.78, 5) is 0. The Bertz CT molecular complexity index is 74.1. The third-order valence-corrected chi connectivity index (χ3v) is 0. The van der Waals surface area contributed by atoms with Crippen LogP contribution in [-0.2, 0) is 5.48 Å². The number of hydrogen-bond donors (Lipinski definition) is 0. The van der Waals surface area contributed by atoms with Crippen molar-refractivity contribution < 1.29 is 115 Å². The first-order chi connectivity index (χ1) is 0. The van der Waals surface area contributed by atoms with Crippen molar-refractivity contribution in [3.8, 4) is 0 Å². The zero-order chi connectivity index (χ0) is 0. The van der Waals surface area contributed by atoms with Gasteiger partial charge in [-0.1, -0.05) is 0 Å². The fraction of sp³-hybridized carbons (Fsp3) is 0. The molecule has 0 aromatic carbocycles. The quantitative estimate of drug-likeness (QED) is 0.218. The second-order valence-electron chi connectivity index (χ2n) is 0. The summed E-state index contributed by atoms with van der Waals surface area (Å²) >= 11 is 0. The van der Waals surface area contributed by atoms with Gasteiger partial charge in [-0.3, -0.25) is 0 Å². The predicted molar refractivity (Wildman–Crippen MR) is 242 cm³/mol. The standard InChI is InChI=1S/79N.20H2O.O/h;;;;;;;;;;;;;;;;;;;;;;;;;;;;;;;;;;;;;;;;;;;;;;;;;;;;;;;;;;;;;;;;;;;;;;;;;;;;;;;20*1H2;. The second kappa shape index (κ2) is 52500. The average molecular weight is 1480 g/mol. The van der Waals surface area contributed by atoms with Crippen LogP contribution in [0.4, 0.5) is 0 Å². The van der Waals surface area contributed by atoms with Gasteiger partial charge in [0.1, 0.15) is 0 Å². The summed E-state index contributed by atoms with van der Waals surface area (Å²) in [7, 11) is 0. The van der Waals surface area contributed by atoms with E-state index in [1.807, 2.05) is 0 Å². The summed E-state index contributed by atoms with van der Waals surface area (Å²) < 4.78 is 0. The highest BCUT2D eigenvalue weighted by molar-refractivity contribution is 2.21.